The van der Waals surface area contributed by atoms with Gasteiger partial charge in [-0.1, -0.05) is 10.6 Å². The van der Waals surface area contributed by atoms with Crippen LogP contribution in [-0.4, -0.2) is 26.7 Å². The first kappa shape index (κ1) is 13.0. The fourth-order valence-corrected chi connectivity index (χ4v) is 1.91. The van der Waals surface area contributed by atoms with Gasteiger partial charge in [0.15, 0.2) is 0 Å². The lowest BCUT2D eigenvalue weighted by Crippen LogP contribution is -2.20. The normalized spacial score (nSPS) is 9.95. The number of carboxylic acids is 1. The van der Waals surface area contributed by atoms with E-state index in [0.717, 1.165) is 11.5 Å². The number of benzene rings is 1. The summed E-state index contributed by atoms with van der Waals surface area (Å²) in [5.74, 6) is -1.03. The van der Waals surface area contributed by atoms with E-state index in [4.69, 9.17) is 5.11 Å². The van der Waals surface area contributed by atoms with E-state index in [9.17, 15) is 9.59 Å². The molecule has 0 aliphatic heterocycles. The highest BCUT2D eigenvalue weighted by Gasteiger charge is 2.12. The smallest absolute Gasteiger partial charge is 0.336 e. The summed E-state index contributed by atoms with van der Waals surface area (Å²) in [7, 11) is 0. The van der Waals surface area contributed by atoms with Crippen LogP contribution in [0.15, 0.2) is 24.4 Å². The average Bonchev–Trinajstić information content (AvgIpc) is 2.84. The molecule has 0 unspecified atom stereocenters. The molecule has 98 valence electrons. The van der Waals surface area contributed by atoms with Crippen LogP contribution < -0.4 is 10.6 Å². The SMILES string of the molecule is Cc1c(NC(=O)Nc2cnns2)cccc1C(=O)O. The summed E-state index contributed by atoms with van der Waals surface area (Å²) in [6.07, 6.45) is 1.42. The number of carboxylic acid groups (broad SMARTS) is 1. The fourth-order valence-electron chi connectivity index (χ4n) is 1.49. The molecule has 0 aliphatic rings. The standard InChI is InChI=1S/C11H10N4O3S/c1-6-7(10(16)17)3-2-4-8(6)13-11(18)14-9-5-12-15-19-9/h2-5H,1H3,(H,16,17)(H2,13,14,18). The molecule has 0 saturated carbocycles. The molecule has 0 radical (unpaired) electrons. The summed E-state index contributed by atoms with van der Waals surface area (Å²) < 4.78 is 3.61. The van der Waals surface area contributed by atoms with Crippen molar-refractivity contribution in [3.8, 4) is 0 Å². The van der Waals surface area contributed by atoms with Gasteiger partial charge in [-0.2, -0.15) is 0 Å². The molecule has 0 spiro atoms. The molecule has 0 fully saturated rings. The zero-order valence-corrected chi connectivity index (χ0v) is 10.7. The number of hydrogen-bond donors (Lipinski definition) is 3. The molecular weight excluding hydrogens is 268 g/mol. The molecule has 2 amide bonds. The third kappa shape index (κ3) is 3.05. The third-order valence-corrected chi connectivity index (χ3v) is 2.99. The van der Waals surface area contributed by atoms with Gasteiger partial charge >= 0.3 is 12.0 Å². The Morgan fingerprint density at radius 1 is 1.32 bits per heavy atom. The number of aromatic nitrogens is 2. The number of rotatable bonds is 3. The number of anilines is 2. The van der Waals surface area contributed by atoms with Gasteiger partial charge in [0.25, 0.3) is 0 Å². The molecule has 1 aromatic carbocycles. The van der Waals surface area contributed by atoms with Crippen molar-refractivity contribution in [2.24, 2.45) is 0 Å². The highest BCUT2D eigenvalue weighted by atomic mass is 32.1. The number of aromatic carboxylic acids is 1. The van der Waals surface area contributed by atoms with Crippen LogP contribution >= 0.6 is 11.5 Å². The van der Waals surface area contributed by atoms with E-state index < -0.39 is 12.0 Å². The van der Waals surface area contributed by atoms with Gasteiger partial charge in [0.2, 0.25) is 0 Å². The summed E-state index contributed by atoms with van der Waals surface area (Å²) in [5, 5.41) is 18.2. The van der Waals surface area contributed by atoms with Gasteiger partial charge in [-0.05, 0) is 24.6 Å². The molecule has 2 aromatic rings. The van der Waals surface area contributed by atoms with Gasteiger partial charge in [-0.25, -0.2) is 9.59 Å². The Balaban J connectivity index is 2.13. The Labute approximate surface area is 112 Å². The van der Waals surface area contributed by atoms with Crippen LogP contribution in [0.5, 0.6) is 0 Å². The van der Waals surface area contributed by atoms with Crippen LogP contribution in [0.4, 0.5) is 15.5 Å². The average molecular weight is 278 g/mol. The van der Waals surface area contributed by atoms with Crippen molar-refractivity contribution in [1.29, 1.82) is 0 Å². The second-order valence-corrected chi connectivity index (χ2v) is 4.43. The maximum absolute atomic E-state index is 11.7. The maximum Gasteiger partial charge on any atom is 0.336 e. The van der Waals surface area contributed by atoms with Crippen molar-refractivity contribution in [3.05, 3.63) is 35.5 Å². The van der Waals surface area contributed by atoms with Gasteiger partial charge in [-0.3, -0.25) is 5.32 Å². The lowest BCUT2D eigenvalue weighted by Gasteiger charge is -2.10. The highest BCUT2D eigenvalue weighted by molar-refractivity contribution is 7.10. The van der Waals surface area contributed by atoms with Gasteiger partial charge < -0.3 is 10.4 Å². The predicted molar refractivity (Wildman–Crippen MR) is 70.7 cm³/mol. The molecule has 19 heavy (non-hydrogen) atoms. The second-order valence-electron chi connectivity index (χ2n) is 3.64. The number of carbonyl (C=O) groups excluding carboxylic acids is 1. The molecular formula is C11H10N4O3S. The molecule has 0 bridgehead atoms. The lowest BCUT2D eigenvalue weighted by molar-refractivity contribution is 0.0696. The van der Waals surface area contributed by atoms with Gasteiger partial charge in [0, 0.05) is 17.2 Å². The molecule has 8 heteroatoms. The van der Waals surface area contributed by atoms with Crippen LogP contribution in [0.25, 0.3) is 0 Å². The van der Waals surface area contributed by atoms with Crippen LogP contribution in [-0.2, 0) is 0 Å². The van der Waals surface area contributed by atoms with Crippen LogP contribution in [0.3, 0.4) is 0 Å². The second kappa shape index (κ2) is 5.44. The van der Waals surface area contributed by atoms with Crippen molar-refractivity contribution in [2.75, 3.05) is 10.6 Å². The number of nitrogens with zero attached hydrogens (tertiary/aromatic N) is 2. The van der Waals surface area contributed by atoms with Crippen molar-refractivity contribution in [3.63, 3.8) is 0 Å². The van der Waals surface area contributed by atoms with E-state index in [-0.39, 0.29) is 5.56 Å². The molecule has 0 aliphatic carbocycles. The zero-order chi connectivity index (χ0) is 13.8. The highest BCUT2D eigenvalue weighted by Crippen LogP contribution is 2.19. The topological polar surface area (TPSA) is 104 Å². The zero-order valence-electron chi connectivity index (χ0n) is 9.88. The minimum atomic E-state index is -1.03. The largest absolute Gasteiger partial charge is 0.478 e. The Bertz CT molecular complexity index is 612. The van der Waals surface area contributed by atoms with Gasteiger partial charge in [-0.15, -0.1) is 5.10 Å². The predicted octanol–water partition coefficient (Wildman–Crippen LogP) is 2.19. The number of hydrogen-bond acceptors (Lipinski definition) is 5. The number of amides is 2. The van der Waals surface area contributed by atoms with Crippen molar-refractivity contribution in [1.82, 2.24) is 9.59 Å². The third-order valence-electron chi connectivity index (χ3n) is 2.41. The van der Waals surface area contributed by atoms with Crippen LogP contribution in [0.2, 0.25) is 0 Å². The number of nitrogens with one attached hydrogen (secondary N) is 2. The Hall–Kier alpha value is -2.48. The summed E-state index contributed by atoms with van der Waals surface area (Å²) in [5.41, 5.74) is 1.08. The van der Waals surface area contributed by atoms with Crippen molar-refractivity contribution < 1.29 is 14.7 Å². The molecule has 2 rings (SSSR count). The van der Waals surface area contributed by atoms with Crippen LogP contribution in [0, 0.1) is 6.92 Å². The Kier molecular flexibility index (Phi) is 3.71. The van der Waals surface area contributed by atoms with Crippen molar-refractivity contribution >= 4 is 34.2 Å². The Morgan fingerprint density at radius 3 is 2.74 bits per heavy atom. The monoisotopic (exact) mass is 278 g/mol. The molecule has 0 saturated heterocycles. The van der Waals surface area contributed by atoms with E-state index >= 15 is 0 Å². The van der Waals surface area contributed by atoms with E-state index in [1.807, 2.05) is 0 Å². The molecule has 0 atom stereocenters. The van der Waals surface area contributed by atoms with E-state index in [1.54, 1.807) is 19.1 Å². The minimum Gasteiger partial charge on any atom is -0.478 e. The van der Waals surface area contributed by atoms with Crippen LogP contribution in [0.1, 0.15) is 15.9 Å². The van der Waals surface area contributed by atoms with Gasteiger partial charge in [0.1, 0.15) is 5.00 Å². The summed E-state index contributed by atoms with van der Waals surface area (Å²) in [6, 6.07) is 4.21. The Morgan fingerprint density at radius 2 is 2.11 bits per heavy atom. The number of carbonyl (C=O) groups is 2. The summed E-state index contributed by atoms with van der Waals surface area (Å²) in [6.45, 7) is 1.63. The first-order valence-electron chi connectivity index (χ1n) is 5.26. The molecule has 3 N–H and O–H groups in total. The molecule has 1 heterocycles. The first-order chi connectivity index (χ1) is 9.08. The number of urea groups is 1. The van der Waals surface area contributed by atoms with Gasteiger partial charge in [0.05, 0.1) is 11.8 Å². The van der Waals surface area contributed by atoms with Crippen molar-refractivity contribution in [2.45, 2.75) is 6.92 Å². The molecule has 1 aromatic heterocycles. The quantitative estimate of drug-likeness (QED) is 0.798. The summed E-state index contributed by atoms with van der Waals surface area (Å²) in [4.78, 5) is 22.7. The maximum atomic E-state index is 11.7. The summed E-state index contributed by atoms with van der Waals surface area (Å²) >= 11 is 1.05. The van der Waals surface area contributed by atoms with E-state index in [0.29, 0.717) is 16.3 Å². The van der Waals surface area contributed by atoms with E-state index in [1.165, 1.54) is 12.3 Å². The molecule has 7 nitrogen and oxygen atoms in total. The first-order valence-corrected chi connectivity index (χ1v) is 6.03. The van der Waals surface area contributed by atoms with E-state index in [2.05, 4.69) is 20.2 Å². The fraction of sp³-hybridized carbons (Fsp3) is 0.0909. The minimum absolute atomic E-state index is 0.150. The lowest BCUT2D eigenvalue weighted by atomic mass is 10.1.